The summed E-state index contributed by atoms with van der Waals surface area (Å²) in [5, 5.41) is 5.69. The summed E-state index contributed by atoms with van der Waals surface area (Å²) in [6.07, 6.45) is 1.77. The van der Waals surface area contributed by atoms with Crippen molar-refractivity contribution in [2.75, 3.05) is 0 Å². The van der Waals surface area contributed by atoms with Gasteiger partial charge in [-0.15, -0.1) is 0 Å². The Morgan fingerprint density at radius 1 is 0.553 bits per heavy atom. The Hall–Kier alpha value is -5.97. The van der Waals surface area contributed by atoms with Gasteiger partial charge in [0.15, 0.2) is 5.75 Å². The molecular formula is C42H26ClN3O. The lowest BCUT2D eigenvalue weighted by atomic mass is 9.88. The van der Waals surface area contributed by atoms with Crippen LogP contribution in [-0.4, -0.2) is 14.5 Å². The van der Waals surface area contributed by atoms with E-state index in [0.717, 1.165) is 61.3 Å². The van der Waals surface area contributed by atoms with E-state index in [1.807, 2.05) is 24.3 Å². The van der Waals surface area contributed by atoms with Crippen LogP contribution in [0.5, 0.6) is 5.75 Å². The molecule has 5 heteroatoms. The third-order valence-corrected chi connectivity index (χ3v) is 9.17. The van der Waals surface area contributed by atoms with Crippen LogP contribution in [0.4, 0.5) is 0 Å². The van der Waals surface area contributed by atoms with E-state index in [9.17, 15) is 0 Å². The van der Waals surface area contributed by atoms with Gasteiger partial charge in [0.2, 0.25) is 0 Å². The molecule has 0 saturated carbocycles. The molecule has 0 radical (unpaired) electrons. The minimum absolute atomic E-state index is 0.539. The molecule has 0 fully saturated rings. The fourth-order valence-electron chi connectivity index (χ4n) is 6.83. The Morgan fingerprint density at radius 2 is 1.28 bits per heavy atom. The molecule has 222 valence electrons. The number of fused-ring (bicyclic) bond motifs is 4. The third-order valence-electron chi connectivity index (χ3n) is 9.00. The van der Waals surface area contributed by atoms with Gasteiger partial charge in [-0.25, -0.2) is 4.98 Å². The van der Waals surface area contributed by atoms with Gasteiger partial charge in [-0.05, 0) is 98.4 Å². The SMILES string of the molecule is ClOc1ccc(-c2c3ccccc3cc3ccc(-c4ccc(-c5nc6ccccc6n5-c5ccccc5)cc4)cc23)c2cccnc12. The largest absolute Gasteiger partial charge is 0.383 e. The number of imidazole rings is 1. The summed E-state index contributed by atoms with van der Waals surface area (Å²) in [7, 11) is 0. The smallest absolute Gasteiger partial charge is 0.172 e. The first-order valence-electron chi connectivity index (χ1n) is 15.5. The summed E-state index contributed by atoms with van der Waals surface area (Å²) in [5.74, 6) is 1.46. The van der Waals surface area contributed by atoms with Crippen molar-refractivity contribution >= 4 is 55.3 Å². The summed E-state index contributed by atoms with van der Waals surface area (Å²) in [6, 6.07) is 53.0. The van der Waals surface area contributed by atoms with Crippen LogP contribution in [0.15, 0.2) is 158 Å². The van der Waals surface area contributed by atoms with Crippen LogP contribution < -0.4 is 4.29 Å². The maximum atomic E-state index is 5.85. The standard InChI is InChI=1S/C42H26ClN3O/c43-47-39-23-22-34(35-13-8-24-44-41(35)39)40-33-12-5-4-9-30(33)25-31-21-20-29(26-36(31)40)27-16-18-28(19-17-27)42-45-37-14-6-7-15-38(37)46(42)32-10-2-1-3-11-32/h1-26H. The number of pyridine rings is 1. The minimum atomic E-state index is 0.539. The number of rotatable bonds is 5. The molecular weight excluding hydrogens is 598 g/mol. The van der Waals surface area contributed by atoms with Gasteiger partial charge in [0, 0.05) is 22.8 Å². The second-order valence-corrected chi connectivity index (χ2v) is 11.8. The molecule has 2 aromatic heterocycles. The van der Waals surface area contributed by atoms with Crippen molar-refractivity contribution < 1.29 is 4.29 Å². The normalized spacial score (nSPS) is 11.5. The second kappa shape index (κ2) is 11.1. The second-order valence-electron chi connectivity index (χ2n) is 11.7. The lowest BCUT2D eigenvalue weighted by Gasteiger charge is -2.16. The van der Waals surface area contributed by atoms with Crippen molar-refractivity contribution in [1.82, 2.24) is 14.5 Å². The highest BCUT2D eigenvalue weighted by Gasteiger charge is 2.17. The number of nitrogens with zero attached hydrogens (tertiary/aromatic N) is 3. The van der Waals surface area contributed by atoms with E-state index in [4.69, 9.17) is 21.1 Å². The first kappa shape index (κ1) is 27.3. The summed E-state index contributed by atoms with van der Waals surface area (Å²) in [4.78, 5) is 9.67. The van der Waals surface area contributed by atoms with E-state index in [1.165, 1.54) is 21.5 Å². The zero-order valence-corrected chi connectivity index (χ0v) is 25.9. The lowest BCUT2D eigenvalue weighted by molar-refractivity contribution is 0.625. The lowest BCUT2D eigenvalue weighted by Crippen LogP contribution is -1.97. The van der Waals surface area contributed by atoms with Crippen LogP contribution in [0.25, 0.3) is 82.8 Å². The average Bonchev–Trinajstić information content (AvgIpc) is 3.53. The van der Waals surface area contributed by atoms with Crippen LogP contribution in [0, 0.1) is 0 Å². The summed E-state index contributed by atoms with van der Waals surface area (Å²) in [5.41, 5.74) is 9.44. The van der Waals surface area contributed by atoms with Crippen LogP contribution in [0.1, 0.15) is 0 Å². The zero-order valence-electron chi connectivity index (χ0n) is 25.1. The van der Waals surface area contributed by atoms with Crippen LogP contribution in [0.2, 0.25) is 0 Å². The number of hydrogen-bond acceptors (Lipinski definition) is 3. The molecule has 0 aliphatic rings. The molecule has 9 rings (SSSR count). The molecule has 4 nitrogen and oxygen atoms in total. The number of para-hydroxylation sites is 3. The van der Waals surface area contributed by atoms with E-state index in [1.54, 1.807) is 6.20 Å². The first-order chi connectivity index (χ1) is 23.3. The summed E-state index contributed by atoms with van der Waals surface area (Å²) in [6.45, 7) is 0. The molecule has 0 atom stereocenters. The minimum Gasteiger partial charge on any atom is -0.383 e. The van der Waals surface area contributed by atoms with E-state index in [-0.39, 0.29) is 0 Å². The molecule has 0 bridgehead atoms. The van der Waals surface area contributed by atoms with Gasteiger partial charge < -0.3 is 4.29 Å². The van der Waals surface area contributed by atoms with E-state index >= 15 is 0 Å². The van der Waals surface area contributed by atoms with Gasteiger partial charge in [-0.1, -0.05) is 97.1 Å². The molecule has 0 unspecified atom stereocenters. The van der Waals surface area contributed by atoms with Gasteiger partial charge in [0.25, 0.3) is 0 Å². The highest BCUT2D eigenvalue weighted by atomic mass is 35.5. The topological polar surface area (TPSA) is 39.9 Å². The molecule has 0 aliphatic carbocycles. The highest BCUT2D eigenvalue weighted by Crippen LogP contribution is 2.42. The molecule has 0 N–H and O–H groups in total. The Kier molecular flexibility index (Phi) is 6.47. The molecule has 9 aromatic rings. The van der Waals surface area contributed by atoms with Crippen LogP contribution in [0.3, 0.4) is 0 Å². The van der Waals surface area contributed by atoms with Gasteiger partial charge in [0.05, 0.1) is 11.0 Å². The predicted molar refractivity (Wildman–Crippen MR) is 194 cm³/mol. The molecule has 0 saturated heterocycles. The molecule has 0 spiro atoms. The van der Waals surface area contributed by atoms with Crippen molar-refractivity contribution in [2.24, 2.45) is 0 Å². The van der Waals surface area contributed by atoms with E-state index < -0.39 is 0 Å². The van der Waals surface area contributed by atoms with Crippen molar-refractivity contribution in [3.8, 4) is 45.1 Å². The zero-order chi connectivity index (χ0) is 31.3. The number of hydrogen-bond donors (Lipinski definition) is 0. The summed E-state index contributed by atoms with van der Waals surface area (Å²) < 4.78 is 7.40. The van der Waals surface area contributed by atoms with Crippen LogP contribution >= 0.6 is 11.9 Å². The number of aromatic nitrogens is 3. The van der Waals surface area contributed by atoms with Crippen molar-refractivity contribution in [3.63, 3.8) is 0 Å². The Balaban J connectivity index is 1.21. The highest BCUT2D eigenvalue weighted by molar-refractivity contribution is 6.18. The molecule has 47 heavy (non-hydrogen) atoms. The fraction of sp³-hybridized carbons (Fsp3) is 0. The number of benzene rings is 7. The van der Waals surface area contributed by atoms with E-state index in [2.05, 4.69) is 137 Å². The molecule has 0 amide bonds. The fourth-order valence-corrected chi connectivity index (χ4v) is 6.95. The van der Waals surface area contributed by atoms with Gasteiger partial charge in [0.1, 0.15) is 23.2 Å². The molecule has 0 aliphatic heterocycles. The Bertz CT molecular complexity index is 2610. The maximum Gasteiger partial charge on any atom is 0.172 e. The van der Waals surface area contributed by atoms with Gasteiger partial charge in [-0.3, -0.25) is 9.55 Å². The van der Waals surface area contributed by atoms with Crippen molar-refractivity contribution in [2.45, 2.75) is 0 Å². The Morgan fingerprint density at radius 3 is 2.15 bits per heavy atom. The molecule has 7 aromatic carbocycles. The predicted octanol–water partition coefficient (Wildman–Crippen LogP) is 11.4. The quantitative estimate of drug-likeness (QED) is 0.179. The van der Waals surface area contributed by atoms with Gasteiger partial charge >= 0.3 is 0 Å². The van der Waals surface area contributed by atoms with Crippen LogP contribution in [-0.2, 0) is 0 Å². The van der Waals surface area contributed by atoms with Crippen molar-refractivity contribution in [1.29, 1.82) is 0 Å². The Labute approximate surface area is 276 Å². The maximum absolute atomic E-state index is 5.85. The summed E-state index contributed by atoms with van der Waals surface area (Å²) >= 11 is 5.85. The third kappa shape index (κ3) is 4.53. The van der Waals surface area contributed by atoms with Crippen molar-refractivity contribution in [3.05, 3.63) is 158 Å². The molecule has 2 heterocycles. The monoisotopic (exact) mass is 623 g/mol. The van der Waals surface area contributed by atoms with Gasteiger partial charge in [-0.2, -0.15) is 0 Å². The average molecular weight is 624 g/mol. The van der Waals surface area contributed by atoms with E-state index in [0.29, 0.717) is 5.75 Å². The number of halogens is 1. The first-order valence-corrected chi connectivity index (χ1v) is 15.8.